The third kappa shape index (κ3) is 9.17. The van der Waals surface area contributed by atoms with Crippen molar-refractivity contribution in [2.75, 3.05) is 10.3 Å². The van der Waals surface area contributed by atoms with Crippen molar-refractivity contribution in [2.24, 2.45) is 4.99 Å². The van der Waals surface area contributed by atoms with Crippen LogP contribution in [0.5, 0.6) is 5.75 Å². The van der Waals surface area contributed by atoms with Crippen molar-refractivity contribution in [2.45, 2.75) is 102 Å². The Morgan fingerprint density at radius 3 is 2.20 bits per heavy atom. The predicted molar refractivity (Wildman–Crippen MR) is 228 cm³/mol. The van der Waals surface area contributed by atoms with Crippen molar-refractivity contribution >= 4 is 92.9 Å². The molecular formula is C42H46Cl4N4O3S. The van der Waals surface area contributed by atoms with Gasteiger partial charge < -0.3 is 10.1 Å². The van der Waals surface area contributed by atoms with Gasteiger partial charge >= 0.3 is 0 Å². The molecule has 4 aromatic rings. The van der Waals surface area contributed by atoms with Crippen LogP contribution in [0.3, 0.4) is 0 Å². The topological polar surface area (TPSA) is 83.0 Å². The molecule has 0 aromatic heterocycles. The van der Waals surface area contributed by atoms with Crippen molar-refractivity contribution in [3.05, 3.63) is 110 Å². The lowest BCUT2D eigenvalue weighted by Crippen LogP contribution is -2.36. The Labute approximate surface area is 343 Å². The van der Waals surface area contributed by atoms with E-state index in [9.17, 15) is 9.59 Å². The molecule has 2 unspecified atom stereocenters. The minimum absolute atomic E-state index is 0.00241. The number of amidine groups is 1. The van der Waals surface area contributed by atoms with E-state index in [0.29, 0.717) is 44.3 Å². The van der Waals surface area contributed by atoms with Crippen LogP contribution in [0.4, 0.5) is 17.1 Å². The van der Waals surface area contributed by atoms with E-state index in [2.05, 4.69) is 64.4 Å². The van der Waals surface area contributed by atoms with E-state index in [1.165, 1.54) is 34.5 Å². The Morgan fingerprint density at radius 2 is 1.57 bits per heavy atom. The molecule has 0 bridgehead atoms. The number of carbonyl (C=O) groups excluding carboxylic acids is 2. The van der Waals surface area contributed by atoms with Crippen LogP contribution in [0.1, 0.15) is 84.4 Å². The molecule has 2 N–H and O–H groups in total. The van der Waals surface area contributed by atoms with E-state index in [1.807, 2.05) is 44.2 Å². The van der Waals surface area contributed by atoms with Crippen LogP contribution in [0.15, 0.2) is 82.7 Å². The first-order valence-corrected chi connectivity index (χ1v) is 20.4. The van der Waals surface area contributed by atoms with Gasteiger partial charge in [0.2, 0.25) is 0 Å². The zero-order valence-electron chi connectivity index (χ0n) is 31.7. The molecule has 0 spiro atoms. The van der Waals surface area contributed by atoms with Crippen molar-refractivity contribution in [3.63, 3.8) is 0 Å². The van der Waals surface area contributed by atoms with Gasteiger partial charge in [-0.25, -0.2) is 10.0 Å². The number of amides is 2. The van der Waals surface area contributed by atoms with Crippen LogP contribution >= 0.6 is 58.2 Å². The molecule has 286 valence electrons. The van der Waals surface area contributed by atoms with Gasteiger partial charge in [-0.15, -0.1) is 11.8 Å². The minimum Gasteiger partial charge on any atom is -0.480 e. The van der Waals surface area contributed by atoms with Crippen molar-refractivity contribution in [1.82, 2.24) is 5.43 Å². The number of ether oxygens (including phenoxy) is 1. The fourth-order valence-corrected chi connectivity index (χ4v) is 8.21. The number of nitrogens with zero attached hydrogens (tertiary/aromatic N) is 2. The van der Waals surface area contributed by atoms with Crippen molar-refractivity contribution in [1.29, 1.82) is 0 Å². The minimum atomic E-state index is -0.897. The molecule has 4 aromatic carbocycles. The molecule has 1 aliphatic rings. The second-order valence-electron chi connectivity index (χ2n) is 14.6. The summed E-state index contributed by atoms with van der Waals surface area (Å²) in [7, 11) is 0. The number of rotatable bonds is 13. The highest BCUT2D eigenvalue weighted by molar-refractivity contribution is 8.01. The summed E-state index contributed by atoms with van der Waals surface area (Å²) >= 11 is 27.1. The number of aryl methyl sites for hydroxylation is 1. The highest BCUT2D eigenvalue weighted by Crippen LogP contribution is 2.42. The molecule has 1 saturated heterocycles. The van der Waals surface area contributed by atoms with Crippen LogP contribution in [0.2, 0.25) is 20.1 Å². The van der Waals surface area contributed by atoms with Gasteiger partial charge in [-0.3, -0.25) is 15.0 Å². The summed E-state index contributed by atoms with van der Waals surface area (Å²) in [6, 6.07) is 22.1. The second kappa shape index (κ2) is 17.2. The van der Waals surface area contributed by atoms with E-state index in [1.54, 1.807) is 18.2 Å². The number of anilines is 2. The Balaban J connectivity index is 1.46. The maximum atomic E-state index is 14.2. The quantitative estimate of drug-likeness (QED) is 0.140. The molecule has 0 radical (unpaired) electrons. The molecule has 0 saturated carbocycles. The normalized spacial score (nSPS) is 16.1. The molecule has 2 atom stereocenters. The Morgan fingerprint density at radius 1 is 0.907 bits per heavy atom. The summed E-state index contributed by atoms with van der Waals surface area (Å²) in [6.07, 6.45) is 1.55. The summed E-state index contributed by atoms with van der Waals surface area (Å²) in [4.78, 5) is 33.7. The number of nitrogens with one attached hydrogen (secondary N) is 2. The SMILES string of the molecule is CCC(Oc1ccc(C(C)(C)CC)cc1C(C)(C)CC)C(=O)Nc1ccccc1SC1C(=O)N(c2c(Cl)cc(Cl)cc2Cl)NC1=Nc1ccc(C)cc1Cl. The molecule has 54 heavy (non-hydrogen) atoms. The van der Waals surface area contributed by atoms with Crippen LogP contribution in [0, 0.1) is 6.92 Å². The van der Waals surface area contributed by atoms with Crippen molar-refractivity contribution in [3.8, 4) is 5.75 Å². The van der Waals surface area contributed by atoms with E-state index in [-0.39, 0.29) is 38.4 Å². The highest BCUT2D eigenvalue weighted by Gasteiger charge is 2.41. The summed E-state index contributed by atoms with van der Waals surface area (Å²) in [5.41, 5.74) is 7.43. The fraction of sp³-hybridized carbons (Fsp3) is 0.357. The van der Waals surface area contributed by atoms with Crippen LogP contribution in [-0.2, 0) is 20.4 Å². The second-order valence-corrected chi connectivity index (χ2v) is 17.4. The average molecular weight is 829 g/mol. The average Bonchev–Trinajstić information content (AvgIpc) is 3.41. The number of halogens is 4. The maximum absolute atomic E-state index is 14.2. The zero-order valence-corrected chi connectivity index (χ0v) is 35.6. The highest BCUT2D eigenvalue weighted by atomic mass is 35.5. The fourth-order valence-electron chi connectivity index (χ4n) is 5.86. The standard InChI is InChI=1S/C42H46Cl4N4O3S/c1-9-33(53-34-19-17-25(41(5,6)10-2)21-27(34)42(7,8)11-3)39(51)48-32-14-12-13-15-35(32)54-37-38(47-31-18-16-24(4)20-28(31)44)49-50(40(37)52)36-29(45)22-26(43)23-30(36)46/h12-23,33,37H,9-11H2,1-8H3,(H,47,49)(H,48,51). The van der Waals surface area contributed by atoms with Crippen LogP contribution in [0.25, 0.3) is 0 Å². The van der Waals surface area contributed by atoms with Crippen molar-refractivity contribution < 1.29 is 14.3 Å². The lowest BCUT2D eigenvalue weighted by Gasteiger charge is -2.31. The van der Waals surface area contributed by atoms with Gasteiger partial charge in [-0.1, -0.05) is 125 Å². The number of carbonyl (C=O) groups is 2. The monoisotopic (exact) mass is 826 g/mol. The first-order chi connectivity index (χ1) is 25.5. The van der Waals surface area contributed by atoms with Gasteiger partial charge in [0.25, 0.3) is 11.8 Å². The molecule has 0 aliphatic carbocycles. The van der Waals surface area contributed by atoms with Gasteiger partial charge in [0.05, 0.1) is 26.4 Å². The molecule has 1 fully saturated rings. The van der Waals surface area contributed by atoms with Gasteiger partial charge in [-0.2, -0.15) is 0 Å². The Kier molecular flexibility index (Phi) is 13.3. The van der Waals surface area contributed by atoms with E-state index in [0.717, 1.165) is 24.0 Å². The number of hydrogen-bond acceptors (Lipinski definition) is 5. The Hall–Kier alpha value is -3.40. The molecule has 5 rings (SSSR count). The number of para-hydroxylation sites is 1. The van der Waals surface area contributed by atoms with Gasteiger partial charge in [0.15, 0.2) is 6.10 Å². The number of benzene rings is 4. The lowest BCUT2D eigenvalue weighted by atomic mass is 9.76. The molecule has 12 heteroatoms. The predicted octanol–water partition coefficient (Wildman–Crippen LogP) is 12.5. The van der Waals surface area contributed by atoms with E-state index in [4.69, 9.17) is 56.1 Å². The molecular weight excluding hydrogens is 782 g/mol. The zero-order chi connectivity index (χ0) is 39.5. The maximum Gasteiger partial charge on any atom is 0.267 e. The van der Waals surface area contributed by atoms with Gasteiger partial charge in [0, 0.05) is 15.5 Å². The lowest BCUT2D eigenvalue weighted by molar-refractivity contribution is -0.123. The largest absolute Gasteiger partial charge is 0.480 e. The Bertz CT molecular complexity index is 2060. The third-order valence-electron chi connectivity index (χ3n) is 10.0. The molecule has 2 amide bonds. The summed E-state index contributed by atoms with van der Waals surface area (Å²) < 4.78 is 6.55. The number of hydrogen-bond donors (Lipinski definition) is 2. The van der Waals surface area contributed by atoms with E-state index >= 15 is 0 Å². The third-order valence-corrected chi connectivity index (χ3v) is 12.4. The molecule has 1 aliphatic heterocycles. The first-order valence-electron chi connectivity index (χ1n) is 18.0. The summed E-state index contributed by atoms with van der Waals surface area (Å²) in [6.45, 7) is 17.1. The number of hydrazine groups is 1. The smallest absolute Gasteiger partial charge is 0.267 e. The molecule has 1 heterocycles. The number of thioether (sulfide) groups is 1. The molecule has 7 nitrogen and oxygen atoms in total. The first kappa shape index (κ1) is 41.8. The van der Waals surface area contributed by atoms with Crippen LogP contribution < -0.4 is 20.5 Å². The van der Waals surface area contributed by atoms with Gasteiger partial charge in [-0.05, 0) is 90.6 Å². The van der Waals surface area contributed by atoms with Crippen LogP contribution in [-0.4, -0.2) is 29.0 Å². The number of aliphatic imine (C=N–C) groups is 1. The van der Waals surface area contributed by atoms with Gasteiger partial charge in [0.1, 0.15) is 22.5 Å². The summed E-state index contributed by atoms with van der Waals surface area (Å²) in [5, 5.41) is 4.57. The van der Waals surface area contributed by atoms with E-state index < -0.39 is 11.4 Å². The summed E-state index contributed by atoms with van der Waals surface area (Å²) in [5.74, 6) is 0.306.